The molecule has 0 saturated heterocycles. The van der Waals surface area contributed by atoms with Crippen LogP contribution in [0.3, 0.4) is 0 Å². The lowest BCUT2D eigenvalue weighted by molar-refractivity contribution is -0.139. The van der Waals surface area contributed by atoms with Crippen LogP contribution >= 0.6 is 12.2 Å². The Morgan fingerprint density at radius 1 is 1.09 bits per heavy atom. The third-order valence-electron chi connectivity index (χ3n) is 5.47. The molecule has 1 N–H and O–H groups in total. The van der Waals surface area contributed by atoms with E-state index in [1.165, 1.54) is 0 Å². The van der Waals surface area contributed by atoms with Crippen LogP contribution in [-0.2, 0) is 9.53 Å². The van der Waals surface area contributed by atoms with Gasteiger partial charge in [0.15, 0.2) is 16.6 Å². The number of benzene rings is 2. The number of nitrogens with zero attached hydrogens (tertiary/aromatic N) is 1. The normalized spacial score (nSPS) is 17.4. The zero-order valence-corrected chi connectivity index (χ0v) is 19.8. The maximum Gasteiger partial charge on any atom is 0.338 e. The second kappa shape index (κ2) is 9.58. The highest BCUT2D eigenvalue weighted by molar-refractivity contribution is 7.80. The van der Waals surface area contributed by atoms with Crippen LogP contribution in [0.4, 0.5) is 5.69 Å². The van der Waals surface area contributed by atoms with Gasteiger partial charge in [-0.3, -0.25) is 4.90 Å². The fourth-order valence-electron chi connectivity index (χ4n) is 3.94. The molecule has 0 aromatic heterocycles. The quantitative estimate of drug-likeness (QED) is 0.502. The number of methoxy groups -OCH3 is 2. The van der Waals surface area contributed by atoms with Gasteiger partial charge in [-0.25, -0.2) is 4.79 Å². The number of nitrogens with one attached hydrogen (secondary N) is 1. The molecule has 0 unspecified atom stereocenters. The topological polar surface area (TPSA) is 78.5 Å². The van der Waals surface area contributed by atoms with Crippen LogP contribution in [0.2, 0.25) is 0 Å². The Kier molecular flexibility index (Phi) is 6.60. The SMILES string of the molecule is CCOC(=O)C1=C(C)N(c2ccc3c(c2)OCCO3)C(=S)N[C@@H]1c1cc(OC)cc(OC)c1. The van der Waals surface area contributed by atoms with Crippen LogP contribution in [0.5, 0.6) is 23.0 Å². The van der Waals surface area contributed by atoms with E-state index >= 15 is 0 Å². The average Bonchev–Trinajstić information content (AvgIpc) is 2.83. The van der Waals surface area contributed by atoms with Crippen LogP contribution in [0.15, 0.2) is 47.7 Å². The number of thiocarbonyl (C=S) groups is 1. The smallest absolute Gasteiger partial charge is 0.338 e. The van der Waals surface area contributed by atoms with E-state index < -0.39 is 12.0 Å². The number of carbonyl (C=O) groups excluding carboxylic acids is 1. The van der Waals surface area contributed by atoms with Crippen molar-refractivity contribution in [2.45, 2.75) is 19.9 Å². The van der Waals surface area contributed by atoms with Crippen molar-refractivity contribution in [2.75, 3.05) is 38.9 Å². The Balaban J connectivity index is 1.82. The number of carbonyl (C=O) groups is 1. The molecular weight excluding hydrogens is 444 g/mol. The zero-order chi connectivity index (χ0) is 23.5. The molecule has 0 radical (unpaired) electrons. The van der Waals surface area contributed by atoms with Crippen molar-refractivity contribution in [1.29, 1.82) is 0 Å². The number of hydrogen-bond donors (Lipinski definition) is 1. The molecular formula is C24H26N2O6S. The molecule has 2 aromatic rings. The van der Waals surface area contributed by atoms with Gasteiger partial charge in [0.2, 0.25) is 0 Å². The van der Waals surface area contributed by atoms with Gasteiger partial charge in [-0.05, 0) is 55.9 Å². The van der Waals surface area contributed by atoms with Crippen LogP contribution < -0.4 is 29.2 Å². The lowest BCUT2D eigenvalue weighted by Gasteiger charge is -2.38. The van der Waals surface area contributed by atoms with E-state index in [1.54, 1.807) is 32.1 Å². The van der Waals surface area contributed by atoms with Crippen molar-refractivity contribution in [1.82, 2.24) is 5.32 Å². The molecule has 0 spiro atoms. The molecule has 0 fully saturated rings. The minimum atomic E-state index is -0.547. The van der Waals surface area contributed by atoms with Crippen LogP contribution in [0.1, 0.15) is 25.5 Å². The Morgan fingerprint density at radius 2 is 1.76 bits per heavy atom. The minimum absolute atomic E-state index is 0.248. The summed E-state index contributed by atoms with van der Waals surface area (Å²) >= 11 is 5.74. The average molecular weight is 471 g/mol. The molecule has 174 valence electrons. The molecule has 4 rings (SSSR count). The molecule has 2 aromatic carbocycles. The molecule has 33 heavy (non-hydrogen) atoms. The number of esters is 1. The van der Waals surface area contributed by atoms with Gasteiger partial charge in [0.1, 0.15) is 24.7 Å². The molecule has 2 aliphatic rings. The van der Waals surface area contributed by atoms with Gasteiger partial charge in [-0.1, -0.05) is 0 Å². The van der Waals surface area contributed by atoms with E-state index in [4.69, 9.17) is 35.9 Å². The molecule has 2 aliphatic heterocycles. The van der Waals surface area contributed by atoms with Gasteiger partial charge in [0.25, 0.3) is 0 Å². The van der Waals surface area contributed by atoms with E-state index in [-0.39, 0.29) is 6.61 Å². The third kappa shape index (κ3) is 4.41. The van der Waals surface area contributed by atoms with Gasteiger partial charge in [0.05, 0.1) is 38.1 Å². The van der Waals surface area contributed by atoms with Gasteiger partial charge >= 0.3 is 5.97 Å². The summed E-state index contributed by atoms with van der Waals surface area (Å²) in [5, 5.41) is 3.73. The summed E-state index contributed by atoms with van der Waals surface area (Å²) in [6.45, 7) is 4.85. The summed E-state index contributed by atoms with van der Waals surface area (Å²) in [6, 6.07) is 10.5. The number of rotatable bonds is 6. The second-order valence-corrected chi connectivity index (χ2v) is 7.80. The van der Waals surface area contributed by atoms with Gasteiger partial charge in [-0.2, -0.15) is 0 Å². The molecule has 0 saturated carbocycles. The lowest BCUT2D eigenvalue weighted by Crippen LogP contribution is -2.48. The molecule has 8 nitrogen and oxygen atoms in total. The van der Waals surface area contributed by atoms with Gasteiger partial charge < -0.3 is 29.0 Å². The minimum Gasteiger partial charge on any atom is -0.497 e. The van der Waals surface area contributed by atoms with Crippen molar-refractivity contribution in [3.8, 4) is 23.0 Å². The summed E-state index contributed by atoms with van der Waals surface area (Å²) in [7, 11) is 3.16. The molecule has 0 amide bonds. The Morgan fingerprint density at radius 3 is 2.39 bits per heavy atom. The number of ether oxygens (including phenoxy) is 5. The molecule has 1 atom stereocenters. The summed E-state index contributed by atoms with van der Waals surface area (Å²) in [4.78, 5) is 14.9. The first-order valence-corrected chi connectivity index (χ1v) is 11.0. The fraction of sp³-hybridized carbons (Fsp3) is 0.333. The van der Waals surface area contributed by atoms with E-state index in [2.05, 4.69) is 5.32 Å². The summed E-state index contributed by atoms with van der Waals surface area (Å²) in [5.41, 5.74) is 2.60. The van der Waals surface area contributed by atoms with Crippen molar-refractivity contribution in [3.05, 3.63) is 53.2 Å². The van der Waals surface area contributed by atoms with Gasteiger partial charge in [0, 0.05) is 17.8 Å². The predicted octanol–water partition coefficient (Wildman–Crippen LogP) is 3.75. The maximum absolute atomic E-state index is 13.1. The standard InChI is InChI=1S/C24H26N2O6S/c1-5-30-23(27)21-14(2)26(16-6-7-19-20(12-16)32-9-8-31-19)24(33)25-22(21)15-10-17(28-3)13-18(11-15)29-4/h6-7,10-13,22H,5,8-9H2,1-4H3,(H,25,33)/t22-/m1/s1. The number of hydrogen-bond acceptors (Lipinski definition) is 7. The van der Waals surface area contributed by atoms with E-state index in [0.717, 1.165) is 11.3 Å². The van der Waals surface area contributed by atoms with E-state index in [1.807, 2.05) is 37.3 Å². The third-order valence-corrected chi connectivity index (χ3v) is 5.77. The molecule has 0 aliphatic carbocycles. The maximum atomic E-state index is 13.1. The summed E-state index contributed by atoms with van der Waals surface area (Å²) in [6.07, 6.45) is 0. The first-order chi connectivity index (χ1) is 16.0. The monoisotopic (exact) mass is 470 g/mol. The summed E-state index contributed by atoms with van der Waals surface area (Å²) < 4.78 is 27.6. The lowest BCUT2D eigenvalue weighted by atomic mass is 9.94. The zero-order valence-electron chi connectivity index (χ0n) is 19.0. The second-order valence-electron chi connectivity index (χ2n) is 7.41. The van der Waals surface area contributed by atoms with Crippen molar-refractivity contribution >= 4 is 29.0 Å². The Bertz CT molecular complexity index is 1090. The van der Waals surface area contributed by atoms with Crippen molar-refractivity contribution in [2.24, 2.45) is 0 Å². The Hall–Kier alpha value is -3.46. The highest BCUT2D eigenvalue weighted by atomic mass is 32.1. The fourth-order valence-corrected chi connectivity index (χ4v) is 4.30. The Labute approximate surface area is 198 Å². The largest absolute Gasteiger partial charge is 0.497 e. The predicted molar refractivity (Wildman–Crippen MR) is 127 cm³/mol. The van der Waals surface area contributed by atoms with Crippen LogP contribution in [0.25, 0.3) is 0 Å². The van der Waals surface area contributed by atoms with E-state index in [0.29, 0.717) is 52.6 Å². The number of anilines is 1. The van der Waals surface area contributed by atoms with Gasteiger partial charge in [-0.15, -0.1) is 0 Å². The van der Waals surface area contributed by atoms with Crippen LogP contribution in [0, 0.1) is 0 Å². The van der Waals surface area contributed by atoms with Crippen LogP contribution in [-0.4, -0.2) is 45.1 Å². The summed E-state index contributed by atoms with van der Waals surface area (Å²) in [5.74, 6) is 2.08. The molecule has 0 bridgehead atoms. The number of fused-ring (bicyclic) bond motifs is 1. The first kappa shape index (κ1) is 22.7. The first-order valence-electron chi connectivity index (χ1n) is 10.6. The van der Waals surface area contributed by atoms with Crippen molar-refractivity contribution in [3.63, 3.8) is 0 Å². The highest BCUT2D eigenvalue weighted by Crippen LogP contribution is 2.40. The molecule has 9 heteroatoms. The van der Waals surface area contributed by atoms with Crippen molar-refractivity contribution < 1.29 is 28.5 Å². The van der Waals surface area contributed by atoms with E-state index in [9.17, 15) is 4.79 Å². The molecule has 2 heterocycles. The number of allylic oxidation sites excluding steroid dienone is 1. The highest BCUT2D eigenvalue weighted by Gasteiger charge is 2.36.